The summed E-state index contributed by atoms with van der Waals surface area (Å²) >= 11 is 0. The molecule has 80 valence electrons. The summed E-state index contributed by atoms with van der Waals surface area (Å²) in [6, 6.07) is 11.2. The molecule has 1 aromatic heterocycles. The lowest BCUT2D eigenvalue weighted by molar-refractivity contribution is -0.139. The fraction of sp³-hybridized carbons (Fsp3) is 0. The van der Waals surface area contributed by atoms with Crippen LogP contribution in [0.15, 0.2) is 54.9 Å². The van der Waals surface area contributed by atoms with Crippen molar-refractivity contribution in [3.8, 4) is 0 Å². The number of benzene rings is 1. The van der Waals surface area contributed by atoms with Gasteiger partial charge in [0.05, 0.1) is 12.4 Å². The predicted molar refractivity (Wildman–Crippen MR) is 59.3 cm³/mol. The van der Waals surface area contributed by atoms with E-state index in [0.717, 1.165) is 10.4 Å². The van der Waals surface area contributed by atoms with Crippen molar-refractivity contribution in [1.29, 1.82) is 0 Å². The van der Waals surface area contributed by atoms with E-state index in [1.807, 2.05) is 30.3 Å². The Morgan fingerprint density at radius 3 is 2.75 bits per heavy atom. The van der Waals surface area contributed by atoms with E-state index in [4.69, 9.17) is 4.84 Å². The third-order valence-corrected chi connectivity index (χ3v) is 1.88. The third kappa shape index (κ3) is 2.81. The molecular weight excluding hydrogens is 204 g/mol. The zero-order valence-corrected chi connectivity index (χ0v) is 8.48. The summed E-state index contributed by atoms with van der Waals surface area (Å²) in [5, 5.41) is 3.75. The van der Waals surface area contributed by atoms with E-state index >= 15 is 0 Å². The molecule has 0 amide bonds. The SMILES string of the molecule is O=C(C=Cc1ccccc1)On1cccn1. The molecule has 0 spiro atoms. The molecule has 0 saturated carbocycles. The normalized spacial score (nSPS) is 10.5. The molecule has 0 N–H and O–H groups in total. The molecule has 1 aromatic carbocycles. The third-order valence-electron chi connectivity index (χ3n) is 1.88. The van der Waals surface area contributed by atoms with Crippen molar-refractivity contribution in [3.63, 3.8) is 0 Å². The van der Waals surface area contributed by atoms with Crippen LogP contribution < -0.4 is 4.84 Å². The molecule has 0 aliphatic heterocycles. The molecular formula is C12H10N2O2. The second kappa shape index (κ2) is 4.93. The van der Waals surface area contributed by atoms with Gasteiger partial charge in [0.2, 0.25) is 0 Å². The van der Waals surface area contributed by atoms with Crippen LogP contribution in [0, 0.1) is 0 Å². The van der Waals surface area contributed by atoms with Gasteiger partial charge in [-0.1, -0.05) is 35.2 Å². The Balaban J connectivity index is 1.95. The molecule has 0 fully saturated rings. The van der Waals surface area contributed by atoms with Crippen molar-refractivity contribution in [3.05, 3.63) is 60.4 Å². The van der Waals surface area contributed by atoms with Gasteiger partial charge >= 0.3 is 5.97 Å². The Hall–Kier alpha value is -2.36. The van der Waals surface area contributed by atoms with Gasteiger partial charge in [0.25, 0.3) is 0 Å². The number of aromatic nitrogens is 2. The van der Waals surface area contributed by atoms with E-state index in [9.17, 15) is 4.79 Å². The molecule has 0 saturated heterocycles. The Bertz CT molecular complexity index is 475. The van der Waals surface area contributed by atoms with Crippen LogP contribution >= 0.6 is 0 Å². The molecule has 2 aromatic rings. The van der Waals surface area contributed by atoms with Gasteiger partial charge in [-0.3, -0.25) is 0 Å². The monoisotopic (exact) mass is 214 g/mol. The molecule has 0 bridgehead atoms. The smallest absolute Gasteiger partial charge is 0.315 e. The average molecular weight is 214 g/mol. The van der Waals surface area contributed by atoms with Crippen LogP contribution in [0.1, 0.15) is 5.56 Å². The maximum atomic E-state index is 11.3. The maximum Gasteiger partial charge on any atom is 0.358 e. The number of hydrogen-bond acceptors (Lipinski definition) is 3. The molecule has 4 nitrogen and oxygen atoms in total. The summed E-state index contributed by atoms with van der Waals surface area (Å²) in [5.41, 5.74) is 0.944. The van der Waals surface area contributed by atoms with Gasteiger partial charge in [0.15, 0.2) is 0 Å². The zero-order valence-electron chi connectivity index (χ0n) is 8.48. The van der Waals surface area contributed by atoms with E-state index in [0.29, 0.717) is 0 Å². The van der Waals surface area contributed by atoms with Crippen LogP contribution in [0.5, 0.6) is 0 Å². The number of carbonyl (C=O) groups is 1. The van der Waals surface area contributed by atoms with Crippen LogP contribution in [-0.2, 0) is 4.79 Å². The lowest BCUT2D eigenvalue weighted by Crippen LogP contribution is -2.17. The largest absolute Gasteiger partial charge is 0.358 e. The van der Waals surface area contributed by atoms with Crippen molar-refractivity contribution in [2.45, 2.75) is 0 Å². The standard InChI is InChI=1S/C12H10N2O2/c15-12(16-14-10-4-9-13-14)8-7-11-5-2-1-3-6-11/h1-10H. The number of carbonyl (C=O) groups excluding carboxylic acids is 1. The zero-order chi connectivity index (χ0) is 11.2. The predicted octanol–water partition coefficient (Wildman–Crippen LogP) is 1.55. The van der Waals surface area contributed by atoms with Crippen molar-refractivity contribution in [2.24, 2.45) is 0 Å². The van der Waals surface area contributed by atoms with E-state index in [2.05, 4.69) is 5.10 Å². The summed E-state index contributed by atoms with van der Waals surface area (Å²) in [5.74, 6) is -0.465. The van der Waals surface area contributed by atoms with E-state index in [-0.39, 0.29) is 0 Å². The van der Waals surface area contributed by atoms with Gasteiger partial charge in [-0.05, 0) is 17.7 Å². The number of hydrogen-bond donors (Lipinski definition) is 0. The lowest BCUT2D eigenvalue weighted by Gasteiger charge is -1.97. The molecule has 0 radical (unpaired) electrons. The van der Waals surface area contributed by atoms with Crippen molar-refractivity contribution in [2.75, 3.05) is 0 Å². The number of rotatable bonds is 3. The fourth-order valence-corrected chi connectivity index (χ4v) is 1.16. The average Bonchev–Trinajstić information content (AvgIpc) is 2.81. The minimum atomic E-state index is -0.465. The highest BCUT2D eigenvalue weighted by atomic mass is 16.7. The van der Waals surface area contributed by atoms with Gasteiger partial charge in [-0.25, -0.2) is 4.79 Å². The Morgan fingerprint density at radius 1 is 1.25 bits per heavy atom. The van der Waals surface area contributed by atoms with Crippen molar-refractivity contribution >= 4 is 12.0 Å². The Morgan fingerprint density at radius 2 is 2.06 bits per heavy atom. The summed E-state index contributed by atoms with van der Waals surface area (Å²) in [7, 11) is 0. The van der Waals surface area contributed by atoms with Crippen molar-refractivity contribution in [1.82, 2.24) is 9.94 Å². The van der Waals surface area contributed by atoms with E-state index < -0.39 is 5.97 Å². The van der Waals surface area contributed by atoms with Crippen LogP contribution in [0.25, 0.3) is 6.08 Å². The molecule has 0 unspecified atom stereocenters. The van der Waals surface area contributed by atoms with Gasteiger partial charge in [0, 0.05) is 6.08 Å². The summed E-state index contributed by atoms with van der Waals surface area (Å²) in [6.07, 6.45) is 6.13. The summed E-state index contributed by atoms with van der Waals surface area (Å²) < 4.78 is 0. The Kier molecular flexibility index (Phi) is 3.13. The molecule has 0 aliphatic carbocycles. The second-order valence-corrected chi connectivity index (χ2v) is 3.06. The van der Waals surface area contributed by atoms with Crippen molar-refractivity contribution < 1.29 is 9.63 Å². The Labute approximate surface area is 92.7 Å². The highest BCUT2D eigenvalue weighted by Gasteiger charge is 1.98. The first-order valence-electron chi connectivity index (χ1n) is 4.80. The van der Waals surface area contributed by atoms with Gasteiger partial charge in [0.1, 0.15) is 0 Å². The van der Waals surface area contributed by atoms with Gasteiger partial charge in [-0.2, -0.15) is 0 Å². The number of nitrogens with zero attached hydrogens (tertiary/aromatic N) is 2. The molecule has 0 atom stereocenters. The van der Waals surface area contributed by atoms with Gasteiger partial charge < -0.3 is 4.84 Å². The highest BCUT2D eigenvalue weighted by molar-refractivity contribution is 5.87. The van der Waals surface area contributed by atoms with E-state index in [1.165, 1.54) is 12.3 Å². The summed E-state index contributed by atoms with van der Waals surface area (Å²) in [6.45, 7) is 0. The van der Waals surface area contributed by atoms with Crippen LogP contribution in [0.4, 0.5) is 0 Å². The minimum absolute atomic E-state index is 0.465. The van der Waals surface area contributed by atoms with E-state index in [1.54, 1.807) is 18.3 Å². The molecule has 4 heteroatoms. The second-order valence-electron chi connectivity index (χ2n) is 3.06. The topological polar surface area (TPSA) is 44.1 Å². The fourth-order valence-electron chi connectivity index (χ4n) is 1.16. The molecule has 1 heterocycles. The summed E-state index contributed by atoms with van der Waals surface area (Å²) in [4.78, 5) is 17.3. The lowest BCUT2D eigenvalue weighted by atomic mass is 10.2. The van der Waals surface area contributed by atoms with Crippen LogP contribution in [-0.4, -0.2) is 15.9 Å². The first-order valence-corrected chi connectivity index (χ1v) is 4.80. The molecule has 2 rings (SSSR count). The van der Waals surface area contributed by atoms with Gasteiger partial charge in [-0.15, -0.1) is 5.10 Å². The van der Waals surface area contributed by atoms with Crippen LogP contribution in [0.3, 0.4) is 0 Å². The first kappa shape index (κ1) is 10.2. The maximum absolute atomic E-state index is 11.3. The minimum Gasteiger partial charge on any atom is -0.315 e. The molecule has 0 aliphatic rings. The highest BCUT2D eigenvalue weighted by Crippen LogP contribution is 2.00. The van der Waals surface area contributed by atoms with Crippen LogP contribution in [0.2, 0.25) is 0 Å². The first-order chi connectivity index (χ1) is 7.84. The molecule has 16 heavy (non-hydrogen) atoms. The quantitative estimate of drug-likeness (QED) is 0.728.